The van der Waals surface area contributed by atoms with Crippen molar-refractivity contribution in [2.24, 2.45) is 0 Å². The average Bonchev–Trinajstić information content (AvgIpc) is 2.26. The molecule has 7 heteroatoms. The fourth-order valence-electron chi connectivity index (χ4n) is 0.950. The van der Waals surface area contributed by atoms with Crippen LogP contribution in [0.5, 0.6) is 0 Å². The highest BCUT2D eigenvalue weighted by atomic mass is 16.5. The molecule has 0 aromatic carbocycles. The summed E-state index contributed by atoms with van der Waals surface area (Å²) in [7, 11) is 1.18. The molecule has 2 atom stereocenters. The Balaban J connectivity index is 4.29. The van der Waals surface area contributed by atoms with Crippen LogP contribution in [0.25, 0.3) is 0 Å². The van der Waals surface area contributed by atoms with Crippen LogP contribution in [0.15, 0.2) is 0 Å². The van der Waals surface area contributed by atoms with Gasteiger partial charge in [0.2, 0.25) is 0 Å². The normalized spacial score (nSPS) is 12.8. The highest BCUT2D eigenvalue weighted by molar-refractivity contribution is 5.86. The molecule has 2 amide bonds. The largest absolute Gasteiger partial charge is 0.480 e. The lowest BCUT2D eigenvalue weighted by molar-refractivity contribution is -0.142. The average molecular weight is 242 g/mol. The molecule has 0 rings (SSSR count). The van der Waals surface area contributed by atoms with E-state index in [4.69, 9.17) is 11.5 Å². The molecule has 0 aliphatic heterocycles. The molecule has 0 saturated carbocycles. The predicted molar refractivity (Wildman–Crippen MR) is 58.0 cm³/mol. The van der Waals surface area contributed by atoms with Crippen molar-refractivity contribution in [3.05, 3.63) is 0 Å². The molecule has 17 heavy (non-hydrogen) atoms. The summed E-state index contributed by atoms with van der Waals surface area (Å²) in [4.78, 5) is 33.0. The van der Waals surface area contributed by atoms with Gasteiger partial charge in [-0.15, -0.1) is 12.3 Å². The number of aliphatic carboxylic acids is 1. The van der Waals surface area contributed by atoms with E-state index in [0.29, 0.717) is 0 Å². The maximum atomic E-state index is 11.3. The Hall–Kier alpha value is -2.23. The van der Waals surface area contributed by atoms with Crippen molar-refractivity contribution in [1.29, 1.82) is 0 Å². The predicted octanol–water partition coefficient (Wildman–Crippen LogP) is -0.676. The Morgan fingerprint density at radius 3 is 2.41 bits per heavy atom. The molecule has 0 aliphatic rings. The molecule has 3 N–H and O–H groups in total. The number of carboxylic acids is 1. The standard InChI is InChI=1S/C10H14N2O5/c1-4-5-7(8(13)14)12-10(16)11-6(2)9(15)17-3/h1,6-7H,5H2,2-3H3,(H,13,14)(H2,11,12,16). The molecule has 0 aromatic heterocycles. The van der Waals surface area contributed by atoms with Gasteiger partial charge in [-0.1, -0.05) is 0 Å². The first-order chi connectivity index (χ1) is 7.92. The van der Waals surface area contributed by atoms with E-state index in [-0.39, 0.29) is 6.42 Å². The third-order valence-corrected chi connectivity index (χ3v) is 1.83. The Labute approximate surface area is 98.5 Å². The van der Waals surface area contributed by atoms with Crippen molar-refractivity contribution in [2.45, 2.75) is 25.4 Å². The minimum atomic E-state index is -1.25. The molecule has 0 saturated heterocycles. The molecule has 0 radical (unpaired) electrons. The van der Waals surface area contributed by atoms with Gasteiger partial charge in [0, 0.05) is 6.42 Å². The second-order valence-corrected chi connectivity index (χ2v) is 3.16. The smallest absolute Gasteiger partial charge is 0.328 e. The number of urea groups is 1. The van der Waals surface area contributed by atoms with Gasteiger partial charge in [-0.25, -0.2) is 14.4 Å². The third kappa shape index (κ3) is 5.41. The number of carbonyl (C=O) groups is 3. The molecule has 0 aromatic rings. The maximum absolute atomic E-state index is 11.3. The summed E-state index contributed by atoms with van der Waals surface area (Å²) < 4.78 is 4.38. The Bertz CT molecular complexity index is 347. The van der Waals surface area contributed by atoms with Crippen LogP contribution in [0, 0.1) is 12.3 Å². The second kappa shape index (κ2) is 7.11. The first-order valence-corrected chi connectivity index (χ1v) is 4.73. The number of amides is 2. The van der Waals surface area contributed by atoms with E-state index in [1.165, 1.54) is 14.0 Å². The highest BCUT2D eigenvalue weighted by Crippen LogP contribution is 1.92. The van der Waals surface area contributed by atoms with Gasteiger partial charge < -0.3 is 20.5 Å². The fraction of sp³-hybridized carbons (Fsp3) is 0.500. The molecule has 0 fully saturated rings. The number of nitrogens with one attached hydrogen (secondary N) is 2. The summed E-state index contributed by atoms with van der Waals surface area (Å²) in [6.45, 7) is 1.41. The van der Waals surface area contributed by atoms with E-state index in [1.54, 1.807) is 0 Å². The van der Waals surface area contributed by atoms with Gasteiger partial charge in [-0.3, -0.25) is 0 Å². The molecular formula is C10H14N2O5. The van der Waals surface area contributed by atoms with Crippen LogP contribution in [0.1, 0.15) is 13.3 Å². The quantitative estimate of drug-likeness (QED) is 0.438. The van der Waals surface area contributed by atoms with Gasteiger partial charge in [-0.05, 0) is 6.92 Å². The van der Waals surface area contributed by atoms with Crippen molar-refractivity contribution in [3.63, 3.8) is 0 Å². The van der Waals surface area contributed by atoms with Crippen LogP contribution < -0.4 is 10.6 Å². The minimum absolute atomic E-state index is 0.143. The summed E-state index contributed by atoms with van der Waals surface area (Å²) in [5.74, 6) is 0.245. The number of terminal acetylenes is 1. The van der Waals surface area contributed by atoms with Crippen molar-refractivity contribution in [2.75, 3.05) is 7.11 Å². The highest BCUT2D eigenvalue weighted by Gasteiger charge is 2.21. The summed E-state index contributed by atoms with van der Waals surface area (Å²) in [5.41, 5.74) is 0. The number of carbonyl (C=O) groups excluding carboxylic acids is 2. The zero-order valence-electron chi connectivity index (χ0n) is 9.52. The van der Waals surface area contributed by atoms with E-state index in [9.17, 15) is 14.4 Å². The van der Waals surface area contributed by atoms with E-state index in [0.717, 1.165) is 0 Å². The van der Waals surface area contributed by atoms with E-state index < -0.39 is 30.1 Å². The number of rotatable bonds is 5. The molecule has 0 bridgehead atoms. The molecule has 7 nitrogen and oxygen atoms in total. The van der Waals surface area contributed by atoms with Gasteiger partial charge in [-0.2, -0.15) is 0 Å². The lowest BCUT2D eigenvalue weighted by atomic mass is 10.2. The number of methoxy groups -OCH3 is 1. The SMILES string of the molecule is C#CCC(NC(=O)NC(C)C(=O)OC)C(=O)O. The van der Waals surface area contributed by atoms with Crippen LogP contribution in [0.4, 0.5) is 4.79 Å². The third-order valence-electron chi connectivity index (χ3n) is 1.83. The monoisotopic (exact) mass is 242 g/mol. The van der Waals surface area contributed by atoms with Gasteiger partial charge in [0.1, 0.15) is 12.1 Å². The Kier molecular flexibility index (Phi) is 6.18. The molecule has 0 spiro atoms. The topological polar surface area (TPSA) is 105 Å². The van der Waals surface area contributed by atoms with Crippen LogP contribution in [-0.2, 0) is 14.3 Å². The van der Waals surface area contributed by atoms with E-state index in [2.05, 4.69) is 21.3 Å². The molecule has 2 unspecified atom stereocenters. The lowest BCUT2D eigenvalue weighted by Gasteiger charge is -2.15. The lowest BCUT2D eigenvalue weighted by Crippen LogP contribution is -2.50. The number of carboxylic acid groups (broad SMARTS) is 1. The van der Waals surface area contributed by atoms with Gasteiger partial charge in [0.25, 0.3) is 0 Å². The number of esters is 1. The van der Waals surface area contributed by atoms with Crippen molar-refractivity contribution < 1.29 is 24.2 Å². The minimum Gasteiger partial charge on any atom is -0.480 e. The first-order valence-electron chi connectivity index (χ1n) is 4.73. The van der Waals surface area contributed by atoms with Gasteiger partial charge in [0.05, 0.1) is 7.11 Å². The second-order valence-electron chi connectivity index (χ2n) is 3.16. The van der Waals surface area contributed by atoms with Crippen LogP contribution in [0.2, 0.25) is 0 Å². The fourth-order valence-corrected chi connectivity index (χ4v) is 0.950. The Morgan fingerprint density at radius 1 is 1.41 bits per heavy atom. The van der Waals surface area contributed by atoms with Gasteiger partial charge >= 0.3 is 18.0 Å². The molecular weight excluding hydrogens is 228 g/mol. The molecule has 0 heterocycles. The van der Waals surface area contributed by atoms with E-state index >= 15 is 0 Å². The van der Waals surface area contributed by atoms with E-state index in [1.807, 2.05) is 0 Å². The van der Waals surface area contributed by atoms with Crippen LogP contribution in [0.3, 0.4) is 0 Å². The van der Waals surface area contributed by atoms with Crippen molar-refractivity contribution >= 4 is 18.0 Å². The molecule has 0 aliphatic carbocycles. The number of hydrogen-bond donors (Lipinski definition) is 3. The van der Waals surface area contributed by atoms with Crippen molar-refractivity contribution in [1.82, 2.24) is 10.6 Å². The maximum Gasteiger partial charge on any atom is 0.328 e. The summed E-state index contributed by atoms with van der Waals surface area (Å²) >= 11 is 0. The first kappa shape index (κ1) is 14.8. The van der Waals surface area contributed by atoms with Crippen LogP contribution >= 0.6 is 0 Å². The number of ether oxygens (including phenoxy) is 1. The van der Waals surface area contributed by atoms with Gasteiger partial charge in [0.15, 0.2) is 0 Å². The zero-order valence-corrected chi connectivity index (χ0v) is 9.52. The van der Waals surface area contributed by atoms with Crippen LogP contribution in [-0.4, -0.2) is 42.3 Å². The summed E-state index contributed by atoms with van der Waals surface area (Å²) in [6, 6.07) is -2.87. The zero-order chi connectivity index (χ0) is 13.4. The summed E-state index contributed by atoms with van der Waals surface area (Å²) in [5, 5.41) is 13.1. The molecule has 94 valence electrons. The summed E-state index contributed by atoms with van der Waals surface area (Å²) in [6.07, 6.45) is 4.81. The number of hydrogen-bond acceptors (Lipinski definition) is 4. The Morgan fingerprint density at radius 2 is 2.00 bits per heavy atom. The van der Waals surface area contributed by atoms with Crippen molar-refractivity contribution in [3.8, 4) is 12.3 Å².